The zero-order valence-corrected chi connectivity index (χ0v) is 21.5. The smallest absolute Gasteiger partial charge is 0.410 e. The van der Waals surface area contributed by atoms with Gasteiger partial charge in [0.1, 0.15) is 23.4 Å². The van der Waals surface area contributed by atoms with Gasteiger partial charge in [0, 0.05) is 37.7 Å². The lowest BCUT2D eigenvalue weighted by Gasteiger charge is -2.20. The molecule has 0 aliphatic carbocycles. The fourth-order valence-electron chi connectivity index (χ4n) is 3.72. The van der Waals surface area contributed by atoms with Crippen molar-refractivity contribution in [2.75, 3.05) is 38.7 Å². The van der Waals surface area contributed by atoms with Gasteiger partial charge in [-0.3, -0.25) is 24.6 Å². The maximum atomic E-state index is 14.0. The average Bonchev–Trinajstić information content (AvgIpc) is 3.41. The minimum Gasteiger partial charge on any atom is -0.495 e. The number of amides is 3. The monoisotopic (exact) mass is 565 g/mol. The van der Waals surface area contributed by atoms with Crippen molar-refractivity contribution in [1.82, 2.24) is 9.80 Å². The van der Waals surface area contributed by atoms with E-state index < -0.39 is 33.9 Å². The number of nitro benzene ring substituents is 1. The van der Waals surface area contributed by atoms with E-state index in [-0.39, 0.29) is 59.1 Å². The molecule has 38 heavy (non-hydrogen) atoms. The Morgan fingerprint density at radius 2 is 2.11 bits per heavy atom. The van der Waals surface area contributed by atoms with Gasteiger partial charge in [-0.15, -0.1) is 0 Å². The van der Waals surface area contributed by atoms with E-state index in [1.807, 2.05) is 0 Å². The number of cyclic esters (lactones) is 1. The number of nitro groups is 1. The molecule has 2 aliphatic rings. The molecule has 0 saturated carbocycles. The Bertz CT molecular complexity index is 1330. The number of ether oxygens (including phenoxy) is 2. The number of anilines is 1. The van der Waals surface area contributed by atoms with Crippen molar-refractivity contribution in [2.45, 2.75) is 11.7 Å². The number of carbonyl (C=O) groups is 3. The molecule has 1 atom stereocenters. The van der Waals surface area contributed by atoms with Crippen LogP contribution in [0.1, 0.15) is 6.42 Å². The van der Waals surface area contributed by atoms with Crippen molar-refractivity contribution in [1.29, 1.82) is 0 Å². The maximum Gasteiger partial charge on any atom is 0.410 e. The molecule has 12 nitrogen and oxygen atoms in total. The molecule has 3 amide bonds. The van der Waals surface area contributed by atoms with Crippen molar-refractivity contribution < 1.29 is 33.2 Å². The average molecular weight is 566 g/mol. The van der Waals surface area contributed by atoms with Crippen LogP contribution in [-0.4, -0.2) is 76.4 Å². The molecular weight excluding hydrogens is 545 g/mol. The first-order valence-electron chi connectivity index (χ1n) is 11.2. The van der Waals surface area contributed by atoms with Crippen LogP contribution in [0.3, 0.4) is 0 Å². The van der Waals surface area contributed by atoms with Crippen LogP contribution in [0, 0.1) is 15.9 Å². The summed E-state index contributed by atoms with van der Waals surface area (Å²) >= 11 is 6.76. The summed E-state index contributed by atoms with van der Waals surface area (Å²) in [5, 5.41) is 12.9. The highest BCUT2D eigenvalue weighted by Crippen LogP contribution is 2.34. The summed E-state index contributed by atoms with van der Waals surface area (Å²) in [5.41, 5.74) is 0.0416. The van der Waals surface area contributed by atoms with Crippen LogP contribution in [0.4, 0.5) is 26.2 Å². The predicted molar refractivity (Wildman–Crippen MR) is 137 cm³/mol. The Labute approximate surface area is 224 Å². The number of methoxy groups -OCH3 is 1. The first kappa shape index (κ1) is 27.1. The highest BCUT2D eigenvalue weighted by atomic mass is 35.5. The highest BCUT2D eigenvalue weighted by molar-refractivity contribution is 8.15. The second-order valence-corrected chi connectivity index (χ2v) is 9.66. The number of nitrogens with one attached hydrogen (secondary N) is 1. The van der Waals surface area contributed by atoms with E-state index in [0.717, 1.165) is 23.9 Å². The number of halogens is 2. The van der Waals surface area contributed by atoms with E-state index in [1.54, 1.807) is 0 Å². The van der Waals surface area contributed by atoms with Crippen LogP contribution in [0.15, 0.2) is 41.4 Å². The molecule has 4 rings (SSSR count). The summed E-state index contributed by atoms with van der Waals surface area (Å²) in [7, 11) is 1.35. The summed E-state index contributed by atoms with van der Waals surface area (Å²) in [4.78, 5) is 55.6. The zero-order chi connectivity index (χ0) is 27.4. The standard InChI is InChI=1S/C23H21ClFN5O7S/c1-36-18-5-3-14(30(34)35)11-17(18)27-20(31)12-19-21(32)29(7-6-28-8-9-37-23(28)33)22(38-19)26-13-2-4-15(24)16(25)10-13/h2-5,10-11,19H,6-9,12H2,1H3,(H,27,31). The van der Waals surface area contributed by atoms with E-state index in [4.69, 9.17) is 21.1 Å². The molecule has 2 aromatic carbocycles. The summed E-state index contributed by atoms with van der Waals surface area (Å²) in [6.45, 7) is 0.867. The number of benzene rings is 2. The van der Waals surface area contributed by atoms with E-state index >= 15 is 0 Å². The highest BCUT2D eigenvalue weighted by Gasteiger charge is 2.40. The first-order valence-corrected chi connectivity index (χ1v) is 12.5. The fraction of sp³-hybridized carbons (Fsp3) is 0.304. The van der Waals surface area contributed by atoms with Gasteiger partial charge in [-0.05, 0) is 18.2 Å². The van der Waals surface area contributed by atoms with Gasteiger partial charge in [0.25, 0.3) is 5.69 Å². The minimum atomic E-state index is -0.888. The minimum absolute atomic E-state index is 0.0761. The Morgan fingerprint density at radius 3 is 2.76 bits per heavy atom. The van der Waals surface area contributed by atoms with Crippen LogP contribution >= 0.6 is 23.4 Å². The van der Waals surface area contributed by atoms with Gasteiger partial charge in [-0.25, -0.2) is 14.2 Å². The number of amidine groups is 1. The van der Waals surface area contributed by atoms with Gasteiger partial charge in [-0.1, -0.05) is 23.4 Å². The molecule has 0 spiro atoms. The third-order valence-electron chi connectivity index (χ3n) is 5.63. The zero-order valence-electron chi connectivity index (χ0n) is 19.9. The Morgan fingerprint density at radius 1 is 1.32 bits per heavy atom. The fourth-order valence-corrected chi connectivity index (χ4v) is 5.02. The molecular formula is C23H21ClFN5O7S. The molecule has 0 aromatic heterocycles. The number of hydrogen-bond acceptors (Lipinski definition) is 9. The molecule has 2 fully saturated rings. The van der Waals surface area contributed by atoms with Gasteiger partial charge >= 0.3 is 6.09 Å². The van der Waals surface area contributed by atoms with Crippen LogP contribution in [0.2, 0.25) is 5.02 Å². The van der Waals surface area contributed by atoms with E-state index in [9.17, 15) is 28.9 Å². The third-order valence-corrected chi connectivity index (χ3v) is 7.11. The van der Waals surface area contributed by atoms with Crippen LogP contribution < -0.4 is 10.1 Å². The number of nitrogens with zero attached hydrogens (tertiary/aromatic N) is 4. The van der Waals surface area contributed by atoms with Crippen LogP contribution in [0.25, 0.3) is 0 Å². The van der Waals surface area contributed by atoms with Crippen LogP contribution in [-0.2, 0) is 14.3 Å². The van der Waals surface area contributed by atoms with Crippen molar-refractivity contribution in [3.8, 4) is 5.75 Å². The van der Waals surface area contributed by atoms with E-state index in [1.165, 1.54) is 41.2 Å². The SMILES string of the molecule is COc1ccc([N+](=O)[O-])cc1NC(=O)CC1SC(=Nc2ccc(Cl)c(F)c2)N(CCN2CCOC2=O)C1=O. The molecule has 2 aromatic rings. The van der Waals surface area contributed by atoms with Gasteiger partial charge < -0.3 is 19.7 Å². The summed E-state index contributed by atoms with van der Waals surface area (Å²) in [5.74, 6) is -1.50. The number of hydrogen-bond donors (Lipinski definition) is 1. The lowest BCUT2D eigenvalue weighted by atomic mass is 10.2. The van der Waals surface area contributed by atoms with Crippen molar-refractivity contribution in [2.24, 2.45) is 4.99 Å². The van der Waals surface area contributed by atoms with Crippen molar-refractivity contribution in [3.63, 3.8) is 0 Å². The number of thioether (sulfide) groups is 1. The quantitative estimate of drug-likeness (QED) is 0.357. The molecule has 0 bridgehead atoms. The van der Waals surface area contributed by atoms with E-state index in [2.05, 4.69) is 10.3 Å². The molecule has 200 valence electrons. The molecule has 1 N–H and O–H groups in total. The Kier molecular flexibility index (Phi) is 8.32. The van der Waals surface area contributed by atoms with Gasteiger partial charge in [0.2, 0.25) is 11.8 Å². The van der Waals surface area contributed by atoms with Gasteiger partial charge in [-0.2, -0.15) is 0 Å². The number of carbonyl (C=O) groups excluding carboxylic acids is 3. The maximum absolute atomic E-state index is 14.0. The third kappa shape index (κ3) is 6.14. The first-order chi connectivity index (χ1) is 18.2. The van der Waals surface area contributed by atoms with Crippen LogP contribution in [0.5, 0.6) is 5.75 Å². The van der Waals surface area contributed by atoms with Gasteiger partial charge in [0.05, 0.1) is 35.0 Å². The number of rotatable bonds is 9. The van der Waals surface area contributed by atoms with E-state index in [0.29, 0.717) is 6.54 Å². The molecule has 2 aliphatic heterocycles. The van der Waals surface area contributed by atoms with Crippen molar-refractivity contribution >= 4 is 63.5 Å². The normalized spacial score (nSPS) is 18.2. The summed E-state index contributed by atoms with van der Waals surface area (Å²) in [6, 6.07) is 7.67. The van der Waals surface area contributed by atoms with Crippen molar-refractivity contribution in [3.05, 3.63) is 57.4 Å². The number of non-ortho nitro benzene ring substituents is 1. The largest absolute Gasteiger partial charge is 0.495 e. The van der Waals surface area contributed by atoms with Gasteiger partial charge in [0.15, 0.2) is 5.17 Å². The molecule has 2 saturated heterocycles. The predicted octanol–water partition coefficient (Wildman–Crippen LogP) is 3.81. The Hall–Kier alpha value is -3.91. The summed E-state index contributed by atoms with van der Waals surface area (Å²) < 4.78 is 24.0. The second-order valence-electron chi connectivity index (χ2n) is 8.08. The second kappa shape index (κ2) is 11.6. The molecule has 2 heterocycles. The summed E-state index contributed by atoms with van der Waals surface area (Å²) in [6.07, 6.45) is -0.782. The topological polar surface area (TPSA) is 144 Å². The molecule has 15 heteroatoms. The molecule has 1 unspecified atom stereocenters. The molecule has 0 radical (unpaired) electrons. The lowest BCUT2D eigenvalue weighted by molar-refractivity contribution is -0.384. The number of aliphatic imine (C=N–C) groups is 1. The Balaban J connectivity index is 1.53. The lowest BCUT2D eigenvalue weighted by Crippen LogP contribution is -2.40.